The van der Waals surface area contributed by atoms with Gasteiger partial charge in [-0.1, -0.05) is 73.9 Å². The monoisotopic (exact) mass is 815 g/mol. The van der Waals surface area contributed by atoms with Crippen LogP contribution in [0.25, 0.3) is 0 Å². The molecule has 6 fully saturated rings. The Kier molecular flexibility index (Phi) is 9.90. The molecular formula is C49H66ClNO7. The molecule has 10 atom stereocenters. The van der Waals surface area contributed by atoms with Crippen LogP contribution >= 0.6 is 11.6 Å². The van der Waals surface area contributed by atoms with Gasteiger partial charge in [-0.25, -0.2) is 0 Å². The molecule has 0 heterocycles. The predicted molar refractivity (Wildman–Crippen MR) is 223 cm³/mol. The number of ketones is 2. The highest BCUT2D eigenvalue weighted by Gasteiger charge is 2.71. The number of hydrogen-bond acceptors (Lipinski definition) is 7. The van der Waals surface area contributed by atoms with E-state index in [-0.39, 0.29) is 81.5 Å². The third-order valence-electron chi connectivity index (χ3n) is 18.7. The molecule has 0 spiro atoms. The second-order valence-electron chi connectivity index (χ2n) is 22.2. The number of amides is 1. The number of Topliss-reactive ketones (excluding diaryl/α,β-unsaturated/α-hetero) is 2. The van der Waals surface area contributed by atoms with E-state index in [1.807, 2.05) is 13.8 Å². The van der Waals surface area contributed by atoms with Crippen LogP contribution in [0.1, 0.15) is 156 Å². The highest BCUT2D eigenvalue weighted by Crippen LogP contribution is 2.76. The number of ether oxygens (including phenoxy) is 2. The number of fused-ring (bicyclic) bond motifs is 7. The van der Waals surface area contributed by atoms with Crippen molar-refractivity contribution < 1.29 is 33.4 Å². The van der Waals surface area contributed by atoms with E-state index in [9.17, 15) is 24.0 Å². The summed E-state index contributed by atoms with van der Waals surface area (Å²) in [5.41, 5.74) is 0.616. The Balaban J connectivity index is 1.04. The fourth-order valence-corrected chi connectivity index (χ4v) is 14.9. The Hall–Kier alpha value is -3.00. The van der Waals surface area contributed by atoms with Crippen molar-refractivity contribution in [1.82, 2.24) is 5.32 Å². The zero-order valence-electron chi connectivity index (χ0n) is 36.4. The van der Waals surface area contributed by atoms with Crippen LogP contribution < -0.4 is 5.32 Å². The van der Waals surface area contributed by atoms with E-state index >= 15 is 0 Å². The summed E-state index contributed by atoms with van der Waals surface area (Å²) in [6.07, 6.45) is 9.54. The smallest absolute Gasteiger partial charge is 0.310 e. The molecule has 7 aliphatic rings. The third-order valence-corrected chi connectivity index (χ3v) is 18.9. The fourth-order valence-electron chi connectivity index (χ4n) is 14.8. The first kappa shape index (κ1) is 41.7. The van der Waals surface area contributed by atoms with Crippen molar-refractivity contribution in [2.75, 3.05) is 0 Å². The molecule has 7 aliphatic carbocycles. The normalized spacial score (nSPS) is 40.2. The molecule has 6 saturated carbocycles. The maximum Gasteiger partial charge on any atom is 0.310 e. The first-order valence-corrected chi connectivity index (χ1v) is 22.7. The van der Waals surface area contributed by atoms with Crippen molar-refractivity contribution in [1.29, 1.82) is 0 Å². The summed E-state index contributed by atoms with van der Waals surface area (Å²) < 4.78 is 11.7. The van der Waals surface area contributed by atoms with E-state index in [1.165, 1.54) is 5.57 Å². The topological polar surface area (TPSA) is 116 Å². The summed E-state index contributed by atoms with van der Waals surface area (Å²) in [6, 6.07) is 6.90. The Bertz CT molecular complexity index is 1940. The van der Waals surface area contributed by atoms with Gasteiger partial charge in [0.15, 0.2) is 11.6 Å². The molecule has 0 aromatic heterocycles. The number of carbonyl (C=O) groups excluding carboxylic acids is 5. The Morgan fingerprint density at radius 2 is 1.52 bits per heavy atom. The number of nitrogens with one attached hydrogen (secondary N) is 1. The SMILES string of the molecule is CC(C)C1=C2[C@H]3CC[C@@H]4[C@@]5(C)CC[C@H](OC(=O)[C@H]6C[C@@H](OC=O)C6(C)C)C(C)(C)[C@@H]5CC[C@@]4(C)[C@]3(C)CC[C@@]2(NC(=O)C2(CC(=O)c3ccc(Cl)cc3)CC2)CC1=O. The minimum Gasteiger partial charge on any atom is -0.464 e. The van der Waals surface area contributed by atoms with E-state index in [0.717, 1.165) is 56.9 Å². The van der Waals surface area contributed by atoms with Crippen molar-refractivity contribution in [3.8, 4) is 0 Å². The summed E-state index contributed by atoms with van der Waals surface area (Å²) >= 11 is 6.09. The molecule has 1 aromatic carbocycles. The van der Waals surface area contributed by atoms with Gasteiger partial charge in [-0.3, -0.25) is 24.0 Å². The Morgan fingerprint density at radius 3 is 2.14 bits per heavy atom. The number of halogens is 1. The molecule has 1 aromatic rings. The molecular weight excluding hydrogens is 750 g/mol. The van der Waals surface area contributed by atoms with Crippen molar-refractivity contribution >= 4 is 41.5 Å². The number of benzene rings is 1. The third kappa shape index (κ3) is 5.97. The van der Waals surface area contributed by atoms with Crippen LogP contribution in [0.4, 0.5) is 0 Å². The standard InChI is InChI=1S/C49H66ClNO7/c1-28(2)39-34(54)26-49(51-42(56)48(21-22-48)25-33(53)29-10-12-30(50)13-11-29)23-20-46(8)31(40(39)49)14-15-36-45(7)18-17-37(44(5,6)35(45)16-19-47(36,46)9)58-41(55)32-24-38(57-27-52)43(32,3)4/h10-13,27-28,31-32,35-38H,14-26H2,1-9H3,(H,51,56)/t31-,32-,35+,36-,37+,38-,45+,46-,47-,49-/m1/s1. The van der Waals surface area contributed by atoms with Crippen LogP contribution in [-0.4, -0.2) is 47.7 Å². The molecule has 0 aliphatic heterocycles. The second kappa shape index (κ2) is 13.8. The Labute approximate surface area is 350 Å². The van der Waals surface area contributed by atoms with Gasteiger partial charge in [0.05, 0.1) is 16.9 Å². The second-order valence-corrected chi connectivity index (χ2v) is 22.7. The number of rotatable bonds is 10. The molecule has 0 saturated heterocycles. The zero-order chi connectivity index (χ0) is 42.0. The largest absolute Gasteiger partial charge is 0.464 e. The maximum atomic E-state index is 14.5. The van der Waals surface area contributed by atoms with Crippen molar-refractivity contribution in [3.05, 3.63) is 46.0 Å². The molecule has 0 radical (unpaired) electrons. The minimum atomic E-state index is -0.737. The molecule has 1 amide bonds. The van der Waals surface area contributed by atoms with Gasteiger partial charge in [-0.2, -0.15) is 0 Å². The quantitative estimate of drug-likeness (QED) is 0.142. The summed E-state index contributed by atoms with van der Waals surface area (Å²) in [6.45, 7) is 21.0. The zero-order valence-corrected chi connectivity index (χ0v) is 37.1. The molecule has 58 heavy (non-hydrogen) atoms. The first-order valence-electron chi connectivity index (χ1n) is 22.3. The van der Waals surface area contributed by atoms with Crippen LogP contribution in [0.2, 0.25) is 5.02 Å². The van der Waals surface area contributed by atoms with Crippen LogP contribution in [0.3, 0.4) is 0 Å². The highest BCUT2D eigenvalue weighted by atomic mass is 35.5. The van der Waals surface area contributed by atoms with E-state index in [2.05, 4.69) is 53.8 Å². The Morgan fingerprint density at radius 1 is 0.828 bits per heavy atom. The molecule has 9 heteroatoms. The van der Waals surface area contributed by atoms with Crippen LogP contribution in [0, 0.1) is 62.1 Å². The summed E-state index contributed by atoms with van der Waals surface area (Å²) in [5, 5.41) is 4.14. The predicted octanol–water partition coefficient (Wildman–Crippen LogP) is 10.0. The van der Waals surface area contributed by atoms with Gasteiger partial charge in [0.2, 0.25) is 5.91 Å². The highest BCUT2D eigenvalue weighted by molar-refractivity contribution is 6.30. The minimum absolute atomic E-state index is 0.0178. The number of allylic oxidation sites excluding steroid dienone is 1. The van der Waals surface area contributed by atoms with Crippen LogP contribution in [-0.2, 0) is 28.7 Å². The number of esters is 1. The molecule has 8 rings (SSSR count). The van der Waals surface area contributed by atoms with Gasteiger partial charge in [0, 0.05) is 34.3 Å². The van der Waals surface area contributed by atoms with Gasteiger partial charge in [-0.05, 0) is 146 Å². The maximum absolute atomic E-state index is 14.5. The molecule has 316 valence electrons. The van der Waals surface area contributed by atoms with Crippen LogP contribution in [0.5, 0.6) is 0 Å². The van der Waals surface area contributed by atoms with Gasteiger partial charge in [-0.15, -0.1) is 0 Å². The average molecular weight is 817 g/mol. The van der Waals surface area contributed by atoms with E-state index < -0.39 is 16.4 Å². The molecule has 1 N–H and O–H groups in total. The summed E-state index contributed by atoms with van der Waals surface area (Å²) in [7, 11) is 0. The van der Waals surface area contributed by atoms with Crippen LogP contribution in [0.15, 0.2) is 35.4 Å². The van der Waals surface area contributed by atoms with E-state index in [4.69, 9.17) is 21.1 Å². The summed E-state index contributed by atoms with van der Waals surface area (Å²) in [4.78, 5) is 66.8. The first-order chi connectivity index (χ1) is 27.1. The van der Waals surface area contributed by atoms with Crippen molar-refractivity contribution in [2.24, 2.45) is 62.1 Å². The molecule has 8 nitrogen and oxygen atoms in total. The molecule has 0 unspecified atom stereocenters. The van der Waals surface area contributed by atoms with Gasteiger partial charge in [0.1, 0.15) is 12.2 Å². The van der Waals surface area contributed by atoms with Gasteiger partial charge < -0.3 is 14.8 Å². The number of hydrogen-bond donors (Lipinski definition) is 1. The lowest BCUT2D eigenvalue weighted by atomic mass is 9.33. The lowest BCUT2D eigenvalue weighted by molar-refractivity contribution is -0.236. The van der Waals surface area contributed by atoms with E-state index in [0.29, 0.717) is 54.6 Å². The van der Waals surface area contributed by atoms with Crippen molar-refractivity contribution in [3.63, 3.8) is 0 Å². The lowest BCUT2D eigenvalue weighted by Gasteiger charge is -2.72. The fraction of sp³-hybridized carbons (Fsp3) is 0.735. The molecule has 0 bridgehead atoms. The van der Waals surface area contributed by atoms with Gasteiger partial charge >= 0.3 is 5.97 Å². The van der Waals surface area contributed by atoms with Gasteiger partial charge in [0.25, 0.3) is 6.47 Å². The van der Waals surface area contributed by atoms with Crippen molar-refractivity contribution in [2.45, 2.75) is 164 Å². The average Bonchev–Trinajstić information content (AvgIpc) is 3.87. The summed E-state index contributed by atoms with van der Waals surface area (Å²) in [5.74, 6) is 0.694. The number of carbonyl (C=O) groups is 5. The van der Waals surface area contributed by atoms with E-state index in [1.54, 1.807) is 24.3 Å². The lowest BCUT2D eigenvalue weighted by Crippen LogP contribution is -2.67.